The predicted molar refractivity (Wildman–Crippen MR) is 118 cm³/mol. The molecule has 0 aliphatic heterocycles. The highest BCUT2D eigenvalue weighted by Gasteiger charge is 2.23. The quantitative estimate of drug-likeness (QED) is 0.226. The van der Waals surface area contributed by atoms with Crippen LogP contribution in [0.4, 0.5) is 11.4 Å². The van der Waals surface area contributed by atoms with Crippen LogP contribution in [0.1, 0.15) is 27.4 Å². The van der Waals surface area contributed by atoms with Crippen molar-refractivity contribution >= 4 is 51.3 Å². The van der Waals surface area contributed by atoms with Gasteiger partial charge in [0.2, 0.25) is 0 Å². The zero-order chi connectivity index (χ0) is 21.3. The Kier molecular flexibility index (Phi) is 5.56. The summed E-state index contributed by atoms with van der Waals surface area (Å²) in [6, 6.07) is 12.1. The number of nitro benzene ring substituents is 1. The summed E-state index contributed by atoms with van der Waals surface area (Å²) in [5, 5.41) is 16.8. The molecule has 0 bridgehead atoms. The van der Waals surface area contributed by atoms with Crippen LogP contribution in [0, 0.1) is 24.0 Å². The molecule has 2 aromatic heterocycles. The summed E-state index contributed by atoms with van der Waals surface area (Å²) in [5.74, 6) is 0.268. The molecule has 1 amide bonds. The third kappa shape index (κ3) is 3.94. The molecule has 152 valence electrons. The summed E-state index contributed by atoms with van der Waals surface area (Å²) in [6.07, 6.45) is 0. The van der Waals surface area contributed by atoms with Gasteiger partial charge in [0.25, 0.3) is 11.6 Å². The summed E-state index contributed by atoms with van der Waals surface area (Å²) in [6.45, 7) is 3.54. The maximum absolute atomic E-state index is 13.1. The van der Waals surface area contributed by atoms with Gasteiger partial charge in [0.05, 0.1) is 16.2 Å². The molecule has 0 spiro atoms. The highest BCUT2D eigenvalue weighted by molar-refractivity contribution is 8.00. The maximum atomic E-state index is 13.1. The highest BCUT2D eigenvalue weighted by atomic mass is 32.2. The molecule has 0 saturated heterocycles. The van der Waals surface area contributed by atoms with Crippen molar-refractivity contribution in [3.8, 4) is 0 Å². The Hall–Kier alpha value is -3.17. The van der Waals surface area contributed by atoms with Crippen molar-refractivity contribution in [3.63, 3.8) is 0 Å². The van der Waals surface area contributed by atoms with E-state index in [-0.39, 0.29) is 11.4 Å². The van der Waals surface area contributed by atoms with Gasteiger partial charge in [-0.25, -0.2) is 4.98 Å². The van der Waals surface area contributed by atoms with E-state index in [4.69, 9.17) is 4.42 Å². The molecule has 0 saturated carbocycles. The number of furan rings is 1. The first-order chi connectivity index (χ1) is 14.4. The van der Waals surface area contributed by atoms with E-state index < -0.39 is 10.8 Å². The molecular weight excluding hydrogens is 422 g/mol. The largest absolute Gasteiger partial charge is 0.451 e. The van der Waals surface area contributed by atoms with Crippen molar-refractivity contribution in [2.24, 2.45) is 0 Å². The second-order valence-electron chi connectivity index (χ2n) is 6.61. The molecule has 0 aliphatic rings. The van der Waals surface area contributed by atoms with Gasteiger partial charge in [-0.1, -0.05) is 36.0 Å². The number of nitrogens with zero attached hydrogens (tertiary/aromatic N) is 2. The highest BCUT2D eigenvalue weighted by Crippen LogP contribution is 2.34. The van der Waals surface area contributed by atoms with Gasteiger partial charge in [0.1, 0.15) is 9.92 Å². The number of thiazole rings is 1. The van der Waals surface area contributed by atoms with E-state index in [9.17, 15) is 14.9 Å². The first kappa shape index (κ1) is 20.1. The van der Waals surface area contributed by atoms with E-state index in [1.807, 2.05) is 36.6 Å². The minimum Gasteiger partial charge on any atom is -0.451 e. The van der Waals surface area contributed by atoms with E-state index in [0.29, 0.717) is 22.6 Å². The summed E-state index contributed by atoms with van der Waals surface area (Å²) in [4.78, 5) is 28.2. The molecule has 0 aliphatic carbocycles. The molecule has 9 heteroatoms. The molecule has 2 aromatic carbocycles. The standard InChI is InChI=1S/C21H17N3O4S2/c1-12-10-29-21(22-12)30-11-15-14-6-3-4-9-18(14)28-19(15)20(25)23-16-7-5-8-17(13(16)2)24(26)27/h3-10H,11H2,1-2H3,(H,23,25). The number of carbonyl (C=O) groups excluding carboxylic acids is 1. The fourth-order valence-corrected chi connectivity index (χ4v) is 4.97. The van der Waals surface area contributed by atoms with Crippen molar-refractivity contribution in [1.82, 2.24) is 4.98 Å². The number of nitrogens with one attached hydrogen (secondary N) is 1. The van der Waals surface area contributed by atoms with Gasteiger partial charge in [-0.05, 0) is 26.0 Å². The number of fused-ring (bicyclic) bond motifs is 1. The van der Waals surface area contributed by atoms with Crippen LogP contribution in [0.25, 0.3) is 11.0 Å². The molecule has 1 N–H and O–H groups in total. The monoisotopic (exact) mass is 439 g/mol. The first-order valence-electron chi connectivity index (χ1n) is 9.04. The topological polar surface area (TPSA) is 98.3 Å². The number of amides is 1. The summed E-state index contributed by atoms with van der Waals surface area (Å²) in [5.41, 5.74) is 3.06. The number of aromatic nitrogens is 1. The fraction of sp³-hybridized carbons (Fsp3) is 0.143. The maximum Gasteiger partial charge on any atom is 0.291 e. The van der Waals surface area contributed by atoms with Crippen molar-refractivity contribution in [2.45, 2.75) is 23.9 Å². The smallest absolute Gasteiger partial charge is 0.291 e. The van der Waals surface area contributed by atoms with Crippen LogP contribution in [-0.4, -0.2) is 15.8 Å². The Morgan fingerprint density at radius 3 is 2.77 bits per heavy atom. The van der Waals surface area contributed by atoms with Crippen molar-refractivity contribution in [3.05, 3.63) is 80.5 Å². The number of carbonyl (C=O) groups is 1. The number of aryl methyl sites for hydroxylation is 1. The van der Waals surface area contributed by atoms with Crippen molar-refractivity contribution < 1.29 is 14.1 Å². The molecule has 4 aromatic rings. The molecule has 2 heterocycles. The number of benzene rings is 2. The lowest BCUT2D eigenvalue weighted by atomic mass is 10.1. The molecular formula is C21H17N3O4S2. The van der Waals surface area contributed by atoms with Gasteiger partial charge in [-0.3, -0.25) is 14.9 Å². The van der Waals surface area contributed by atoms with E-state index in [1.54, 1.807) is 30.4 Å². The van der Waals surface area contributed by atoms with Crippen LogP contribution in [-0.2, 0) is 5.75 Å². The molecule has 0 fully saturated rings. The van der Waals surface area contributed by atoms with Gasteiger partial charge in [-0.2, -0.15) is 0 Å². The Morgan fingerprint density at radius 1 is 1.23 bits per heavy atom. The zero-order valence-electron chi connectivity index (χ0n) is 16.2. The molecule has 30 heavy (non-hydrogen) atoms. The van der Waals surface area contributed by atoms with Crippen LogP contribution in [0.15, 0.2) is 56.6 Å². The van der Waals surface area contributed by atoms with E-state index >= 15 is 0 Å². The minimum atomic E-state index is -0.468. The Morgan fingerprint density at radius 2 is 2.03 bits per heavy atom. The molecule has 0 atom stereocenters. The van der Waals surface area contributed by atoms with E-state index in [2.05, 4.69) is 10.3 Å². The lowest BCUT2D eigenvalue weighted by molar-refractivity contribution is -0.385. The molecule has 7 nitrogen and oxygen atoms in total. The lowest BCUT2D eigenvalue weighted by Gasteiger charge is -2.08. The average Bonchev–Trinajstić information content (AvgIpc) is 3.31. The van der Waals surface area contributed by atoms with Crippen molar-refractivity contribution in [1.29, 1.82) is 0 Å². The Balaban J connectivity index is 1.67. The number of hydrogen-bond donors (Lipinski definition) is 1. The number of nitro groups is 1. The van der Waals surface area contributed by atoms with Crippen molar-refractivity contribution in [2.75, 3.05) is 5.32 Å². The lowest BCUT2D eigenvalue weighted by Crippen LogP contribution is -2.14. The third-order valence-corrected chi connectivity index (χ3v) is 6.76. The number of para-hydroxylation sites is 1. The molecule has 0 unspecified atom stereocenters. The SMILES string of the molecule is Cc1csc(SCc2c(C(=O)Nc3cccc([N+](=O)[O-])c3C)oc3ccccc23)n1. The third-order valence-electron chi connectivity index (χ3n) is 4.59. The predicted octanol–water partition coefficient (Wildman–Crippen LogP) is 5.96. The van der Waals surface area contributed by atoms with Gasteiger partial charge in [-0.15, -0.1) is 11.3 Å². The normalized spacial score (nSPS) is 11.0. The van der Waals surface area contributed by atoms with E-state index in [1.165, 1.54) is 17.8 Å². The van der Waals surface area contributed by atoms with Gasteiger partial charge in [0.15, 0.2) is 5.76 Å². The van der Waals surface area contributed by atoms with E-state index in [0.717, 1.165) is 21.0 Å². The minimum absolute atomic E-state index is 0.0488. The first-order valence-corrected chi connectivity index (χ1v) is 10.9. The molecule has 0 radical (unpaired) electrons. The van der Waals surface area contributed by atoms with Crippen LogP contribution >= 0.6 is 23.1 Å². The fourth-order valence-electron chi connectivity index (χ4n) is 3.09. The summed E-state index contributed by atoms with van der Waals surface area (Å²) < 4.78 is 6.78. The van der Waals surface area contributed by atoms with Crippen LogP contribution in [0.2, 0.25) is 0 Å². The average molecular weight is 440 g/mol. The summed E-state index contributed by atoms with van der Waals surface area (Å²) in [7, 11) is 0. The molecule has 4 rings (SSSR count). The second kappa shape index (κ2) is 8.29. The van der Waals surface area contributed by atoms with Gasteiger partial charge >= 0.3 is 0 Å². The van der Waals surface area contributed by atoms with Gasteiger partial charge in [0, 0.05) is 33.8 Å². The number of thioether (sulfide) groups is 1. The number of rotatable bonds is 6. The second-order valence-corrected chi connectivity index (χ2v) is 8.69. The number of anilines is 1. The van der Waals surface area contributed by atoms with Crippen LogP contribution < -0.4 is 5.32 Å². The Labute approximate surface area is 180 Å². The summed E-state index contributed by atoms with van der Waals surface area (Å²) >= 11 is 3.10. The number of hydrogen-bond acceptors (Lipinski definition) is 7. The zero-order valence-corrected chi connectivity index (χ0v) is 17.8. The van der Waals surface area contributed by atoms with Crippen LogP contribution in [0.3, 0.4) is 0 Å². The Bertz CT molecular complexity index is 1260. The van der Waals surface area contributed by atoms with Gasteiger partial charge < -0.3 is 9.73 Å². The van der Waals surface area contributed by atoms with Crippen LogP contribution in [0.5, 0.6) is 0 Å².